The van der Waals surface area contributed by atoms with Crippen LogP contribution in [0.3, 0.4) is 0 Å². The van der Waals surface area contributed by atoms with Crippen LogP contribution in [0.25, 0.3) is 0 Å². The number of rotatable bonds is 6. The molecule has 0 atom stereocenters. The molecule has 0 aliphatic carbocycles. The number of amides is 2. The van der Waals surface area contributed by atoms with Crippen molar-refractivity contribution in [2.24, 2.45) is 5.73 Å². The first-order valence-electron chi connectivity index (χ1n) is 6.65. The molecule has 0 radical (unpaired) electrons. The highest BCUT2D eigenvalue weighted by atomic mass is 19.1. The van der Waals surface area contributed by atoms with Crippen molar-refractivity contribution in [2.45, 2.75) is 0 Å². The third-order valence-electron chi connectivity index (χ3n) is 2.91. The summed E-state index contributed by atoms with van der Waals surface area (Å²) in [6.07, 6.45) is 0. The highest BCUT2D eigenvalue weighted by Gasteiger charge is 2.09. The minimum Gasteiger partial charge on any atom is -0.494 e. The average Bonchev–Trinajstić information content (AvgIpc) is 2.53. The lowest BCUT2D eigenvalue weighted by Gasteiger charge is -2.08. The molecule has 0 aromatic heterocycles. The van der Waals surface area contributed by atoms with E-state index in [1.165, 1.54) is 49.6 Å². The number of ether oxygens (including phenoxy) is 2. The van der Waals surface area contributed by atoms with Crippen LogP contribution in [-0.4, -0.2) is 25.5 Å². The molecule has 0 aliphatic heterocycles. The Morgan fingerprint density at radius 2 is 1.87 bits per heavy atom. The molecule has 23 heavy (non-hydrogen) atoms. The first-order chi connectivity index (χ1) is 11.0. The number of carbonyl (C=O) groups is 2. The summed E-state index contributed by atoms with van der Waals surface area (Å²) >= 11 is 0. The van der Waals surface area contributed by atoms with E-state index in [1.54, 1.807) is 0 Å². The molecule has 0 spiro atoms. The molecule has 0 bridgehead atoms. The van der Waals surface area contributed by atoms with Crippen molar-refractivity contribution in [1.82, 2.24) is 0 Å². The molecular weight excluding hydrogens is 303 g/mol. The van der Waals surface area contributed by atoms with Gasteiger partial charge in [-0.15, -0.1) is 0 Å². The minimum atomic E-state index is -0.589. The molecule has 6 nitrogen and oxygen atoms in total. The molecule has 0 fully saturated rings. The van der Waals surface area contributed by atoms with Crippen molar-refractivity contribution in [2.75, 3.05) is 19.0 Å². The Balaban J connectivity index is 2.03. The van der Waals surface area contributed by atoms with Gasteiger partial charge in [0.1, 0.15) is 5.75 Å². The van der Waals surface area contributed by atoms with Crippen molar-refractivity contribution in [3.05, 3.63) is 53.8 Å². The van der Waals surface area contributed by atoms with Crippen LogP contribution in [0.5, 0.6) is 11.5 Å². The zero-order valence-corrected chi connectivity index (χ0v) is 12.3. The Morgan fingerprint density at radius 3 is 2.43 bits per heavy atom. The van der Waals surface area contributed by atoms with Crippen LogP contribution in [0.4, 0.5) is 10.1 Å². The maximum atomic E-state index is 13.6. The molecular formula is C16H15FN2O4. The number of carbonyl (C=O) groups excluding carboxylic acids is 2. The van der Waals surface area contributed by atoms with E-state index in [4.69, 9.17) is 15.2 Å². The average molecular weight is 318 g/mol. The van der Waals surface area contributed by atoms with Gasteiger partial charge in [0.05, 0.1) is 7.11 Å². The number of methoxy groups -OCH3 is 1. The summed E-state index contributed by atoms with van der Waals surface area (Å²) in [5, 5.41) is 2.57. The molecule has 2 aromatic rings. The Kier molecular flexibility index (Phi) is 5.14. The van der Waals surface area contributed by atoms with Gasteiger partial charge in [-0.2, -0.15) is 0 Å². The van der Waals surface area contributed by atoms with Crippen LogP contribution in [0.1, 0.15) is 10.4 Å². The van der Waals surface area contributed by atoms with Gasteiger partial charge < -0.3 is 20.5 Å². The van der Waals surface area contributed by atoms with Crippen LogP contribution in [0, 0.1) is 5.82 Å². The normalized spacial score (nSPS) is 10.0. The zero-order chi connectivity index (χ0) is 16.8. The van der Waals surface area contributed by atoms with Gasteiger partial charge in [0, 0.05) is 17.3 Å². The van der Waals surface area contributed by atoms with E-state index in [2.05, 4.69) is 5.32 Å². The smallest absolute Gasteiger partial charge is 0.255 e. The number of anilines is 1. The topological polar surface area (TPSA) is 90.7 Å². The van der Waals surface area contributed by atoms with Gasteiger partial charge >= 0.3 is 0 Å². The van der Waals surface area contributed by atoms with Gasteiger partial charge in [0.2, 0.25) is 0 Å². The number of halogens is 1. The fourth-order valence-corrected chi connectivity index (χ4v) is 1.80. The van der Waals surface area contributed by atoms with Crippen LogP contribution < -0.4 is 20.5 Å². The van der Waals surface area contributed by atoms with E-state index in [0.717, 1.165) is 0 Å². The molecule has 0 aliphatic rings. The van der Waals surface area contributed by atoms with Crippen molar-refractivity contribution in [1.29, 1.82) is 0 Å². The lowest BCUT2D eigenvalue weighted by atomic mass is 10.2. The van der Waals surface area contributed by atoms with E-state index in [0.29, 0.717) is 17.0 Å². The standard InChI is InChI=1S/C16H15FN2O4/c1-22-14-7-4-11(8-13(14)17)19-16(21)10-2-5-12(6-3-10)23-9-15(18)20/h2-8H,9H2,1H3,(H2,18,20)(H,19,21). The summed E-state index contributed by atoms with van der Waals surface area (Å²) in [6.45, 7) is -0.239. The SMILES string of the molecule is COc1ccc(NC(=O)c2ccc(OCC(N)=O)cc2)cc1F. The molecule has 3 N–H and O–H groups in total. The van der Waals surface area contributed by atoms with Gasteiger partial charge in [-0.05, 0) is 36.4 Å². The lowest BCUT2D eigenvalue weighted by Crippen LogP contribution is -2.20. The number of hydrogen-bond donors (Lipinski definition) is 2. The first-order valence-corrected chi connectivity index (χ1v) is 6.65. The number of nitrogens with two attached hydrogens (primary N) is 1. The first kappa shape index (κ1) is 16.3. The molecule has 2 rings (SSSR count). The number of nitrogens with one attached hydrogen (secondary N) is 1. The maximum Gasteiger partial charge on any atom is 0.255 e. The summed E-state index contributed by atoms with van der Waals surface area (Å²) in [5.41, 5.74) is 5.63. The number of benzene rings is 2. The van der Waals surface area contributed by atoms with Crippen molar-refractivity contribution in [3.8, 4) is 11.5 Å². The van der Waals surface area contributed by atoms with Gasteiger partial charge in [-0.3, -0.25) is 9.59 Å². The third kappa shape index (κ3) is 4.44. The van der Waals surface area contributed by atoms with Gasteiger partial charge in [-0.25, -0.2) is 4.39 Å². The van der Waals surface area contributed by atoms with E-state index in [-0.39, 0.29) is 12.4 Å². The molecule has 120 valence electrons. The Labute approximate surface area is 132 Å². The monoisotopic (exact) mass is 318 g/mol. The van der Waals surface area contributed by atoms with Crippen molar-refractivity contribution >= 4 is 17.5 Å². The molecule has 2 aromatic carbocycles. The highest BCUT2D eigenvalue weighted by Crippen LogP contribution is 2.21. The number of hydrogen-bond acceptors (Lipinski definition) is 4. The van der Waals surface area contributed by atoms with Gasteiger partial charge in [0.15, 0.2) is 18.2 Å². The van der Waals surface area contributed by atoms with Crippen LogP contribution in [-0.2, 0) is 4.79 Å². The second-order valence-corrected chi connectivity index (χ2v) is 4.58. The van der Waals surface area contributed by atoms with Crippen LogP contribution in [0.15, 0.2) is 42.5 Å². The highest BCUT2D eigenvalue weighted by molar-refractivity contribution is 6.04. The Bertz CT molecular complexity index is 717. The van der Waals surface area contributed by atoms with Gasteiger partial charge in [0.25, 0.3) is 11.8 Å². The van der Waals surface area contributed by atoms with E-state index >= 15 is 0 Å². The fraction of sp³-hybridized carbons (Fsp3) is 0.125. The fourth-order valence-electron chi connectivity index (χ4n) is 1.80. The Hall–Kier alpha value is -3.09. The lowest BCUT2D eigenvalue weighted by molar-refractivity contribution is -0.119. The summed E-state index contributed by atoms with van der Waals surface area (Å²) in [6, 6.07) is 10.2. The quantitative estimate of drug-likeness (QED) is 0.851. The molecule has 2 amide bonds. The predicted octanol–water partition coefficient (Wildman–Crippen LogP) is 1.95. The van der Waals surface area contributed by atoms with Crippen LogP contribution in [0.2, 0.25) is 0 Å². The largest absolute Gasteiger partial charge is 0.494 e. The van der Waals surface area contributed by atoms with Crippen molar-refractivity contribution in [3.63, 3.8) is 0 Å². The van der Waals surface area contributed by atoms with Gasteiger partial charge in [-0.1, -0.05) is 0 Å². The summed E-state index contributed by atoms with van der Waals surface area (Å²) in [7, 11) is 1.36. The summed E-state index contributed by atoms with van der Waals surface area (Å²) in [4.78, 5) is 22.7. The molecule has 0 unspecified atom stereocenters. The van der Waals surface area contributed by atoms with E-state index in [9.17, 15) is 14.0 Å². The summed E-state index contributed by atoms with van der Waals surface area (Å²) in [5.74, 6) is -1.06. The van der Waals surface area contributed by atoms with Crippen LogP contribution >= 0.6 is 0 Å². The second kappa shape index (κ2) is 7.26. The molecule has 7 heteroatoms. The second-order valence-electron chi connectivity index (χ2n) is 4.58. The predicted molar refractivity (Wildman–Crippen MR) is 82.0 cm³/mol. The summed E-state index contributed by atoms with van der Waals surface area (Å²) < 4.78 is 23.5. The van der Waals surface area contributed by atoms with E-state index in [1.807, 2.05) is 0 Å². The van der Waals surface area contributed by atoms with E-state index < -0.39 is 17.6 Å². The minimum absolute atomic E-state index is 0.0963. The maximum absolute atomic E-state index is 13.6. The van der Waals surface area contributed by atoms with Crippen molar-refractivity contribution < 1.29 is 23.5 Å². The number of primary amides is 1. The molecule has 0 saturated heterocycles. The Morgan fingerprint density at radius 1 is 1.17 bits per heavy atom. The zero-order valence-electron chi connectivity index (χ0n) is 12.3. The molecule has 0 heterocycles. The third-order valence-corrected chi connectivity index (χ3v) is 2.91. The molecule has 0 saturated carbocycles.